The van der Waals surface area contributed by atoms with Gasteiger partial charge in [-0.05, 0) is 31.2 Å². The second-order valence-corrected chi connectivity index (χ2v) is 5.48. The van der Waals surface area contributed by atoms with Crippen LogP contribution in [0.25, 0.3) is 0 Å². The summed E-state index contributed by atoms with van der Waals surface area (Å²) in [5.74, 6) is 2.36. The molecule has 1 unspecified atom stereocenters. The standard InChI is InChI=1S/C17H22ClN3O2/c1-13(23-16-8-4-3-7-15(16)18)12-21-17(19-2)20-10-9-14-6-5-11-22-14/h3-8,11,13H,9-10,12H2,1-2H3,(H2,19,20,21). The molecule has 0 aliphatic rings. The Labute approximate surface area is 141 Å². The molecule has 0 saturated carbocycles. The van der Waals surface area contributed by atoms with Gasteiger partial charge in [0.25, 0.3) is 0 Å². The Morgan fingerprint density at radius 2 is 2.09 bits per heavy atom. The van der Waals surface area contributed by atoms with E-state index in [0.717, 1.165) is 24.7 Å². The third-order valence-corrected chi connectivity index (χ3v) is 3.50. The minimum Gasteiger partial charge on any atom is -0.487 e. The van der Waals surface area contributed by atoms with E-state index in [1.165, 1.54) is 0 Å². The number of guanidine groups is 1. The fourth-order valence-electron chi connectivity index (χ4n) is 2.02. The van der Waals surface area contributed by atoms with Crippen molar-refractivity contribution in [3.8, 4) is 5.75 Å². The molecule has 0 saturated heterocycles. The minimum atomic E-state index is -0.0430. The Balaban J connectivity index is 1.71. The molecule has 2 N–H and O–H groups in total. The smallest absolute Gasteiger partial charge is 0.191 e. The first-order chi connectivity index (χ1) is 11.2. The molecule has 124 valence electrons. The van der Waals surface area contributed by atoms with Crippen LogP contribution in [0.1, 0.15) is 12.7 Å². The Hall–Kier alpha value is -2.14. The van der Waals surface area contributed by atoms with Gasteiger partial charge in [0.05, 0.1) is 17.8 Å². The van der Waals surface area contributed by atoms with Crippen molar-refractivity contribution in [2.75, 3.05) is 20.1 Å². The van der Waals surface area contributed by atoms with Crippen LogP contribution in [-0.2, 0) is 6.42 Å². The van der Waals surface area contributed by atoms with E-state index in [1.54, 1.807) is 13.3 Å². The SMILES string of the molecule is CN=C(NCCc1ccco1)NCC(C)Oc1ccccc1Cl. The average Bonchev–Trinajstić information content (AvgIpc) is 3.06. The molecule has 1 aromatic carbocycles. The fourth-order valence-corrected chi connectivity index (χ4v) is 2.20. The number of hydrogen-bond acceptors (Lipinski definition) is 3. The lowest BCUT2D eigenvalue weighted by Gasteiger charge is -2.18. The minimum absolute atomic E-state index is 0.0430. The van der Waals surface area contributed by atoms with Gasteiger partial charge in [0, 0.05) is 20.0 Å². The molecule has 5 nitrogen and oxygen atoms in total. The second kappa shape index (κ2) is 9.10. The molecule has 0 bridgehead atoms. The summed E-state index contributed by atoms with van der Waals surface area (Å²) in [6.07, 6.45) is 2.44. The predicted octanol–water partition coefficient (Wildman–Crippen LogP) is 3.11. The zero-order valence-electron chi connectivity index (χ0n) is 13.4. The Morgan fingerprint density at radius 3 is 2.78 bits per heavy atom. The van der Waals surface area contributed by atoms with Crippen molar-refractivity contribution in [3.63, 3.8) is 0 Å². The van der Waals surface area contributed by atoms with Crippen LogP contribution >= 0.6 is 11.6 Å². The van der Waals surface area contributed by atoms with Crippen molar-refractivity contribution in [1.29, 1.82) is 0 Å². The van der Waals surface area contributed by atoms with Crippen LogP contribution in [0.2, 0.25) is 5.02 Å². The molecule has 1 atom stereocenters. The quantitative estimate of drug-likeness (QED) is 0.603. The van der Waals surface area contributed by atoms with Crippen molar-refractivity contribution >= 4 is 17.6 Å². The number of hydrogen-bond donors (Lipinski definition) is 2. The molecular weight excluding hydrogens is 314 g/mol. The van der Waals surface area contributed by atoms with Crippen LogP contribution in [0.3, 0.4) is 0 Å². The van der Waals surface area contributed by atoms with Crippen LogP contribution in [0.4, 0.5) is 0 Å². The number of furan rings is 1. The van der Waals surface area contributed by atoms with E-state index in [1.807, 2.05) is 43.3 Å². The third kappa shape index (κ3) is 5.87. The zero-order chi connectivity index (χ0) is 16.5. The van der Waals surface area contributed by atoms with Gasteiger partial charge >= 0.3 is 0 Å². The van der Waals surface area contributed by atoms with Crippen molar-refractivity contribution in [1.82, 2.24) is 10.6 Å². The van der Waals surface area contributed by atoms with Gasteiger partial charge in [-0.3, -0.25) is 4.99 Å². The van der Waals surface area contributed by atoms with Gasteiger partial charge in [0.1, 0.15) is 17.6 Å². The maximum Gasteiger partial charge on any atom is 0.191 e. The van der Waals surface area contributed by atoms with Crippen molar-refractivity contribution in [3.05, 3.63) is 53.4 Å². The summed E-state index contributed by atoms with van der Waals surface area (Å²) in [5.41, 5.74) is 0. The number of aliphatic imine (C=N–C) groups is 1. The van der Waals surface area contributed by atoms with Gasteiger partial charge in [0.15, 0.2) is 5.96 Å². The van der Waals surface area contributed by atoms with E-state index >= 15 is 0 Å². The summed E-state index contributed by atoms with van der Waals surface area (Å²) >= 11 is 6.09. The molecule has 6 heteroatoms. The summed E-state index contributed by atoms with van der Waals surface area (Å²) in [5, 5.41) is 7.08. The molecule has 1 heterocycles. The van der Waals surface area contributed by atoms with E-state index in [2.05, 4.69) is 15.6 Å². The van der Waals surface area contributed by atoms with E-state index in [9.17, 15) is 0 Å². The van der Waals surface area contributed by atoms with Crippen LogP contribution < -0.4 is 15.4 Å². The summed E-state index contributed by atoms with van der Waals surface area (Å²) in [6, 6.07) is 11.3. The topological polar surface area (TPSA) is 58.8 Å². The van der Waals surface area contributed by atoms with Gasteiger partial charge in [-0.2, -0.15) is 0 Å². The van der Waals surface area contributed by atoms with Gasteiger partial charge in [-0.1, -0.05) is 23.7 Å². The van der Waals surface area contributed by atoms with Crippen LogP contribution in [-0.4, -0.2) is 32.2 Å². The highest BCUT2D eigenvalue weighted by Gasteiger charge is 2.08. The molecule has 0 spiro atoms. The van der Waals surface area contributed by atoms with Crippen molar-refractivity contribution < 1.29 is 9.15 Å². The second-order valence-electron chi connectivity index (χ2n) is 5.07. The third-order valence-electron chi connectivity index (χ3n) is 3.19. The molecule has 0 fully saturated rings. The molecule has 2 aromatic rings. The van der Waals surface area contributed by atoms with Crippen LogP contribution in [0.5, 0.6) is 5.75 Å². The molecule has 0 amide bonds. The number of rotatable bonds is 7. The highest BCUT2D eigenvalue weighted by Crippen LogP contribution is 2.23. The van der Waals surface area contributed by atoms with Crippen molar-refractivity contribution in [2.45, 2.75) is 19.4 Å². The number of ether oxygens (including phenoxy) is 1. The number of halogens is 1. The molecule has 23 heavy (non-hydrogen) atoms. The number of benzene rings is 1. The maximum absolute atomic E-state index is 6.09. The summed E-state index contributed by atoms with van der Waals surface area (Å²) < 4.78 is 11.1. The molecular formula is C17H22ClN3O2. The van der Waals surface area contributed by atoms with Crippen LogP contribution in [0, 0.1) is 0 Å². The predicted molar refractivity (Wildman–Crippen MR) is 93.3 cm³/mol. The molecule has 0 aliphatic carbocycles. The van der Waals surface area contributed by atoms with E-state index in [4.69, 9.17) is 20.8 Å². The Bertz CT molecular complexity index is 614. The van der Waals surface area contributed by atoms with Gasteiger partial charge in [-0.15, -0.1) is 0 Å². The average molecular weight is 336 g/mol. The van der Waals surface area contributed by atoms with Crippen molar-refractivity contribution in [2.24, 2.45) is 4.99 Å². The first-order valence-corrected chi connectivity index (χ1v) is 7.95. The normalized spacial score (nSPS) is 12.7. The molecule has 1 aromatic heterocycles. The van der Waals surface area contributed by atoms with E-state index < -0.39 is 0 Å². The first-order valence-electron chi connectivity index (χ1n) is 7.57. The molecule has 0 aliphatic heterocycles. The largest absolute Gasteiger partial charge is 0.487 e. The Morgan fingerprint density at radius 1 is 1.26 bits per heavy atom. The fraction of sp³-hybridized carbons (Fsp3) is 0.353. The zero-order valence-corrected chi connectivity index (χ0v) is 14.1. The van der Waals surface area contributed by atoms with Gasteiger partial charge < -0.3 is 19.8 Å². The number of nitrogens with zero attached hydrogens (tertiary/aromatic N) is 1. The van der Waals surface area contributed by atoms with E-state index in [0.29, 0.717) is 17.3 Å². The first kappa shape index (κ1) is 17.2. The molecule has 0 radical (unpaired) electrons. The summed E-state index contributed by atoms with van der Waals surface area (Å²) in [4.78, 5) is 4.19. The lowest BCUT2D eigenvalue weighted by Crippen LogP contribution is -2.42. The maximum atomic E-state index is 6.09. The lowest BCUT2D eigenvalue weighted by molar-refractivity contribution is 0.224. The summed E-state index contributed by atoms with van der Waals surface area (Å²) in [7, 11) is 1.74. The number of nitrogens with one attached hydrogen (secondary N) is 2. The van der Waals surface area contributed by atoms with Crippen LogP contribution in [0.15, 0.2) is 52.1 Å². The highest BCUT2D eigenvalue weighted by molar-refractivity contribution is 6.32. The molecule has 2 rings (SSSR count). The van der Waals surface area contributed by atoms with Gasteiger partial charge in [0.2, 0.25) is 0 Å². The Kier molecular flexibility index (Phi) is 6.81. The van der Waals surface area contributed by atoms with Gasteiger partial charge in [-0.25, -0.2) is 0 Å². The highest BCUT2D eigenvalue weighted by atomic mass is 35.5. The van der Waals surface area contributed by atoms with E-state index in [-0.39, 0.29) is 6.10 Å². The lowest BCUT2D eigenvalue weighted by atomic mass is 10.3. The number of para-hydroxylation sites is 1. The summed E-state index contributed by atoms with van der Waals surface area (Å²) in [6.45, 7) is 3.34. The monoisotopic (exact) mass is 335 g/mol.